The van der Waals surface area contributed by atoms with E-state index in [1.807, 2.05) is 6.92 Å². The molecule has 0 aliphatic heterocycles. The van der Waals surface area contributed by atoms with Gasteiger partial charge >= 0.3 is 0 Å². The van der Waals surface area contributed by atoms with Gasteiger partial charge in [-0.3, -0.25) is 0 Å². The fraction of sp³-hybridized carbons (Fsp3) is 0.273. The largest absolute Gasteiger partial charge is 0.490 e. The van der Waals surface area contributed by atoms with Gasteiger partial charge < -0.3 is 4.74 Å². The highest BCUT2D eigenvalue weighted by molar-refractivity contribution is 5.22. The second-order valence-electron chi connectivity index (χ2n) is 2.91. The minimum Gasteiger partial charge on any atom is -0.490 e. The molecule has 1 rings (SSSR count). The van der Waals surface area contributed by atoms with Gasteiger partial charge in [0.1, 0.15) is 11.6 Å². The van der Waals surface area contributed by atoms with Crippen molar-refractivity contribution in [3.63, 3.8) is 0 Å². The van der Waals surface area contributed by atoms with Gasteiger partial charge in [0.05, 0.1) is 6.10 Å². The van der Waals surface area contributed by atoms with Crippen molar-refractivity contribution in [3.05, 3.63) is 42.7 Å². The van der Waals surface area contributed by atoms with Gasteiger partial charge in [0, 0.05) is 6.42 Å². The fourth-order valence-electron chi connectivity index (χ4n) is 1.03. The van der Waals surface area contributed by atoms with E-state index in [0.29, 0.717) is 5.75 Å². The molecule has 0 radical (unpaired) electrons. The molecule has 0 amide bonds. The average Bonchev–Trinajstić information content (AvgIpc) is 2.09. The van der Waals surface area contributed by atoms with Crippen molar-refractivity contribution in [2.75, 3.05) is 0 Å². The zero-order valence-electron chi connectivity index (χ0n) is 7.66. The molecule has 0 saturated carbocycles. The number of ether oxygens (including phenoxy) is 1. The minimum atomic E-state index is -0.247. The third-order valence-corrected chi connectivity index (χ3v) is 1.65. The third kappa shape index (κ3) is 3.28. The summed E-state index contributed by atoms with van der Waals surface area (Å²) in [5.74, 6) is 0.444. The Hall–Kier alpha value is -1.31. The fourth-order valence-corrected chi connectivity index (χ4v) is 1.03. The van der Waals surface area contributed by atoms with E-state index in [0.717, 1.165) is 6.42 Å². The molecular weight excluding hydrogens is 167 g/mol. The summed E-state index contributed by atoms with van der Waals surface area (Å²) >= 11 is 0. The van der Waals surface area contributed by atoms with Crippen molar-refractivity contribution in [3.8, 4) is 5.75 Å². The summed E-state index contributed by atoms with van der Waals surface area (Å²) in [5.41, 5.74) is 0. The summed E-state index contributed by atoms with van der Waals surface area (Å²) in [4.78, 5) is 0. The van der Waals surface area contributed by atoms with Gasteiger partial charge in [0.25, 0.3) is 0 Å². The van der Waals surface area contributed by atoms with Gasteiger partial charge in [-0.25, -0.2) is 4.39 Å². The van der Waals surface area contributed by atoms with Crippen LogP contribution in [0.2, 0.25) is 0 Å². The molecule has 1 aromatic rings. The Bertz CT molecular complexity index is 266. The van der Waals surface area contributed by atoms with E-state index < -0.39 is 0 Å². The van der Waals surface area contributed by atoms with Crippen molar-refractivity contribution in [2.24, 2.45) is 0 Å². The van der Waals surface area contributed by atoms with E-state index >= 15 is 0 Å². The normalized spacial score (nSPS) is 12.2. The van der Waals surface area contributed by atoms with Crippen LogP contribution in [0.4, 0.5) is 4.39 Å². The molecule has 0 heterocycles. The molecule has 0 fully saturated rings. The van der Waals surface area contributed by atoms with E-state index in [1.54, 1.807) is 18.2 Å². The van der Waals surface area contributed by atoms with Gasteiger partial charge in [-0.2, -0.15) is 0 Å². The number of hydrogen-bond donors (Lipinski definition) is 0. The molecule has 0 N–H and O–H groups in total. The molecule has 0 bridgehead atoms. The topological polar surface area (TPSA) is 9.23 Å². The number of rotatable bonds is 4. The Morgan fingerprint density at radius 1 is 1.46 bits per heavy atom. The van der Waals surface area contributed by atoms with Crippen molar-refractivity contribution < 1.29 is 9.13 Å². The zero-order chi connectivity index (χ0) is 9.68. The van der Waals surface area contributed by atoms with Crippen molar-refractivity contribution in [1.29, 1.82) is 0 Å². The highest BCUT2D eigenvalue weighted by Gasteiger charge is 2.00. The molecule has 1 aromatic carbocycles. The summed E-state index contributed by atoms with van der Waals surface area (Å²) in [6, 6.07) is 6.01. The minimum absolute atomic E-state index is 0.0861. The van der Waals surface area contributed by atoms with Crippen LogP contribution in [0.25, 0.3) is 0 Å². The standard InChI is InChI=1S/C11H13FO/c1-3-4-9(2)13-11-7-5-10(12)6-8-11/h3,5-9H,1,4H2,2H3. The smallest absolute Gasteiger partial charge is 0.123 e. The lowest BCUT2D eigenvalue weighted by Crippen LogP contribution is -2.09. The summed E-state index contributed by atoms with van der Waals surface area (Å²) in [6.45, 7) is 5.57. The van der Waals surface area contributed by atoms with Crippen LogP contribution in [0.1, 0.15) is 13.3 Å². The number of benzene rings is 1. The Morgan fingerprint density at radius 3 is 2.62 bits per heavy atom. The highest BCUT2D eigenvalue weighted by atomic mass is 19.1. The molecule has 2 heteroatoms. The monoisotopic (exact) mass is 180 g/mol. The maximum absolute atomic E-state index is 12.5. The lowest BCUT2D eigenvalue weighted by molar-refractivity contribution is 0.225. The molecule has 0 aliphatic carbocycles. The van der Waals surface area contributed by atoms with Crippen molar-refractivity contribution in [1.82, 2.24) is 0 Å². The van der Waals surface area contributed by atoms with Crippen LogP contribution < -0.4 is 4.74 Å². The second-order valence-corrected chi connectivity index (χ2v) is 2.91. The van der Waals surface area contributed by atoms with Gasteiger partial charge in [0.2, 0.25) is 0 Å². The van der Waals surface area contributed by atoms with E-state index in [1.165, 1.54) is 12.1 Å². The van der Waals surface area contributed by atoms with E-state index in [2.05, 4.69) is 6.58 Å². The first kappa shape index (κ1) is 9.78. The van der Waals surface area contributed by atoms with Gasteiger partial charge in [0.15, 0.2) is 0 Å². The van der Waals surface area contributed by atoms with Crippen molar-refractivity contribution >= 4 is 0 Å². The van der Waals surface area contributed by atoms with Crippen LogP contribution in [-0.4, -0.2) is 6.10 Å². The van der Waals surface area contributed by atoms with Crippen molar-refractivity contribution in [2.45, 2.75) is 19.4 Å². The predicted octanol–water partition coefficient (Wildman–Crippen LogP) is 3.17. The first-order valence-corrected chi connectivity index (χ1v) is 4.25. The number of halogens is 1. The second kappa shape index (κ2) is 4.65. The molecular formula is C11H13FO. The van der Waals surface area contributed by atoms with Gasteiger partial charge in [-0.15, -0.1) is 6.58 Å². The molecule has 1 atom stereocenters. The van der Waals surface area contributed by atoms with E-state index in [9.17, 15) is 4.39 Å². The SMILES string of the molecule is C=CCC(C)Oc1ccc(F)cc1. The first-order chi connectivity index (χ1) is 6.22. The van der Waals surface area contributed by atoms with Crippen LogP contribution >= 0.6 is 0 Å². The molecule has 0 spiro atoms. The van der Waals surface area contributed by atoms with Crippen LogP contribution in [0, 0.1) is 5.82 Å². The summed E-state index contributed by atoms with van der Waals surface area (Å²) < 4.78 is 18.0. The summed E-state index contributed by atoms with van der Waals surface area (Å²) in [5, 5.41) is 0. The molecule has 70 valence electrons. The maximum atomic E-state index is 12.5. The third-order valence-electron chi connectivity index (χ3n) is 1.65. The Balaban J connectivity index is 2.53. The Kier molecular flexibility index (Phi) is 3.50. The summed E-state index contributed by atoms with van der Waals surface area (Å²) in [7, 11) is 0. The number of hydrogen-bond acceptors (Lipinski definition) is 1. The predicted molar refractivity (Wildman–Crippen MR) is 51.3 cm³/mol. The molecule has 1 nitrogen and oxygen atoms in total. The quantitative estimate of drug-likeness (QED) is 0.647. The Labute approximate surface area is 77.8 Å². The maximum Gasteiger partial charge on any atom is 0.123 e. The molecule has 13 heavy (non-hydrogen) atoms. The highest BCUT2D eigenvalue weighted by Crippen LogP contribution is 2.13. The molecule has 0 aliphatic rings. The lowest BCUT2D eigenvalue weighted by atomic mass is 10.3. The van der Waals surface area contributed by atoms with Crippen LogP contribution in [0.15, 0.2) is 36.9 Å². The van der Waals surface area contributed by atoms with E-state index in [4.69, 9.17) is 4.74 Å². The van der Waals surface area contributed by atoms with E-state index in [-0.39, 0.29) is 11.9 Å². The Morgan fingerprint density at radius 2 is 2.08 bits per heavy atom. The van der Waals surface area contributed by atoms with Crippen LogP contribution in [0.5, 0.6) is 5.75 Å². The average molecular weight is 180 g/mol. The molecule has 0 saturated heterocycles. The first-order valence-electron chi connectivity index (χ1n) is 4.25. The molecule has 0 aromatic heterocycles. The van der Waals surface area contributed by atoms with Crippen LogP contribution in [-0.2, 0) is 0 Å². The summed E-state index contributed by atoms with van der Waals surface area (Å²) in [6.07, 6.45) is 2.67. The van der Waals surface area contributed by atoms with Gasteiger partial charge in [-0.05, 0) is 31.2 Å². The van der Waals surface area contributed by atoms with Crippen LogP contribution in [0.3, 0.4) is 0 Å². The molecule has 1 unspecified atom stereocenters. The lowest BCUT2D eigenvalue weighted by Gasteiger charge is -2.12. The zero-order valence-corrected chi connectivity index (χ0v) is 7.66. The van der Waals surface area contributed by atoms with Gasteiger partial charge in [-0.1, -0.05) is 6.08 Å².